The summed E-state index contributed by atoms with van der Waals surface area (Å²) in [5.41, 5.74) is -0.279. The van der Waals surface area contributed by atoms with Crippen molar-refractivity contribution in [2.75, 3.05) is 31.1 Å². The van der Waals surface area contributed by atoms with Gasteiger partial charge in [-0.2, -0.15) is 10.1 Å². The first-order chi connectivity index (χ1) is 10.8. The average molecular weight is 320 g/mol. The van der Waals surface area contributed by atoms with Crippen molar-refractivity contribution in [1.82, 2.24) is 25.1 Å². The molecule has 1 saturated heterocycles. The predicted octanol–water partition coefficient (Wildman–Crippen LogP) is 0.703. The van der Waals surface area contributed by atoms with Crippen molar-refractivity contribution in [3.63, 3.8) is 0 Å². The third-order valence-electron chi connectivity index (χ3n) is 3.54. The minimum atomic E-state index is -0.507. The molecule has 0 radical (unpaired) electrons. The molecule has 1 amide bonds. The Morgan fingerprint density at radius 3 is 2.61 bits per heavy atom. The van der Waals surface area contributed by atoms with Gasteiger partial charge in [-0.25, -0.2) is 4.79 Å². The van der Waals surface area contributed by atoms with Crippen LogP contribution in [0.1, 0.15) is 20.8 Å². The fourth-order valence-electron chi connectivity index (χ4n) is 2.41. The lowest BCUT2D eigenvalue weighted by Crippen LogP contribution is -2.50. The highest BCUT2D eigenvalue weighted by atomic mass is 16.6. The van der Waals surface area contributed by atoms with Gasteiger partial charge in [0.15, 0.2) is 5.65 Å². The maximum atomic E-state index is 12.0. The smallest absolute Gasteiger partial charge is 0.410 e. The van der Waals surface area contributed by atoms with E-state index in [0.29, 0.717) is 43.2 Å². The molecular weight excluding hydrogens is 300 g/mol. The lowest BCUT2D eigenvalue weighted by Gasteiger charge is -2.35. The molecule has 3 rings (SSSR count). The molecule has 0 saturated carbocycles. The molecule has 2 aromatic heterocycles. The maximum absolute atomic E-state index is 12.0. The lowest BCUT2D eigenvalue weighted by molar-refractivity contribution is 0.0240. The summed E-state index contributed by atoms with van der Waals surface area (Å²) in [7, 11) is 0. The molecule has 9 heteroatoms. The van der Waals surface area contributed by atoms with Gasteiger partial charge >= 0.3 is 6.09 Å². The molecule has 1 aliphatic heterocycles. The molecule has 0 aliphatic carbocycles. The highest BCUT2D eigenvalue weighted by Crippen LogP contribution is 2.15. The molecule has 0 atom stereocenters. The molecule has 3 heterocycles. The van der Waals surface area contributed by atoms with Gasteiger partial charge in [0.05, 0.1) is 6.20 Å². The molecule has 9 nitrogen and oxygen atoms in total. The van der Waals surface area contributed by atoms with Crippen LogP contribution in [0.25, 0.3) is 11.0 Å². The van der Waals surface area contributed by atoms with Crippen molar-refractivity contribution in [2.45, 2.75) is 26.4 Å². The summed E-state index contributed by atoms with van der Waals surface area (Å²) in [5, 5.41) is 6.95. The van der Waals surface area contributed by atoms with E-state index in [4.69, 9.17) is 4.74 Å². The van der Waals surface area contributed by atoms with Crippen molar-refractivity contribution < 1.29 is 9.53 Å². The zero-order valence-corrected chi connectivity index (χ0v) is 13.4. The number of nitrogens with zero attached hydrogens (tertiary/aromatic N) is 4. The molecule has 0 bridgehead atoms. The zero-order chi connectivity index (χ0) is 16.6. The number of nitrogens with one attached hydrogen (secondary N) is 2. The first-order valence-electron chi connectivity index (χ1n) is 7.50. The van der Waals surface area contributed by atoms with Gasteiger partial charge in [0.1, 0.15) is 11.0 Å². The van der Waals surface area contributed by atoms with Crippen molar-refractivity contribution >= 4 is 23.1 Å². The van der Waals surface area contributed by atoms with Gasteiger partial charge in [0.25, 0.3) is 5.56 Å². The van der Waals surface area contributed by atoms with Crippen molar-refractivity contribution in [2.24, 2.45) is 0 Å². The number of piperazine rings is 1. The number of anilines is 1. The predicted molar refractivity (Wildman–Crippen MR) is 84.5 cm³/mol. The highest BCUT2D eigenvalue weighted by molar-refractivity contribution is 5.73. The quantitative estimate of drug-likeness (QED) is 0.801. The summed E-state index contributed by atoms with van der Waals surface area (Å²) in [6, 6.07) is 0. The lowest BCUT2D eigenvalue weighted by atomic mass is 10.2. The standard InChI is InChI=1S/C14H20N6O3/c1-14(2,3)23-13(22)20-6-4-19(5-7-20)12-16-10-9(8-15-18-10)11(21)17-12/h8H,4-7H2,1-3H3,(H2,15,16,17,18,21). The fraction of sp³-hybridized carbons (Fsp3) is 0.571. The summed E-state index contributed by atoms with van der Waals surface area (Å²) in [6.07, 6.45) is 1.13. The van der Waals surface area contributed by atoms with Crippen molar-refractivity contribution in [3.8, 4) is 0 Å². The summed E-state index contributed by atoms with van der Waals surface area (Å²) in [5.74, 6) is 0.482. The van der Waals surface area contributed by atoms with Gasteiger partial charge in [-0.1, -0.05) is 0 Å². The number of H-pyrrole nitrogens is 2. The van der Waals surface area contributed by atoms with Gasteiger partial charge < -0.3 is 14.5 Å². The minimum Gasteiger partial charge on any atom is -0.444 e. The molecule has 2 aromatic rings. The number of carbonyl (C=O) groups excluding carboxylic acids is 1. The van der Waals surface area contributed by atoms with Crippen LogP contribution in [-0.2, 0) is 4.74 Å². The van der Waals surface area contributed by atoms with E-state index in [9.17, 15) is 9.59 Å². The Hall–Kier alpha value is -2.58. The van der Waals surface area contributed by atoms with Crippen LogP contribution in [0.5, 0.6) is 0 Å². The number of hydrogen-bond acceptors (Lipinski definition) is 6. The number of carbonyl (C=O) groups is 1. The third-order valence-corrected chi connectivity index (χ3v) is 3.54. The monoisotopic (exact) mass is 320 g/mol. The number of aromatic amines is 2. The Bertz CT molecular complexity index is 767. The number of rotatable bonds is 1. The van der Waals surface area contributed by atoms with Gasteiger partial charge in [0.2, 0.25) is 5.95 Å². The van der Waals surface area contributed by atoms with Crippen LogP contribution in [0, 0.1) is 0 Å². The Kier molecular flexibility index (Phi) is 3.70. The number of fused-ring (bicyclic) bond motifs is 1. The normalized spacial score (nSPS) is 16.0. The summed E-state index contributed by atoms with van der Waals surface area (Å²) in [6.45, 7) is 7.70. The first kappa shape index (κ1) is 15.3. The Morgan fingerprint density at radius 2 is 1.96 bits per heavy atom. The first-order valence-corrected chi connectivity index (χ1v) is 7.50. The van der Waals surface area contributed by atoms with Crippen LogP contribution < -0.4 is 10.5 Å². The van der Waals surface area contributed by atoms with E-state index in [-0.39, 0.29) is 11.7 Å². The van der Waals surface area contributed by atoms with E-state index in [1.807, 2.05) is 25.7 Å². The molecule has 2 N–H and O–H groups in total. The zero-order valence-electron chi connectivity index (χ0n) is 13.4. The second-order valence-corrected chi connectivity index (χ2v) is 6.48. The summed E-state index contributed by atoms with van der Waals surface area (Å²) in [4.78, 5) is 34.7. The van der Waals surface area contributed by atoms with Crippen LogP contribution in [-0.4, -0.2) is 62.9 Å². The number of hydrogen-bond donors (Lipinski definition) is 2. The van der Waals surface area contributed by atoms with Crippen LogP contribution in [0.15, 0.2) is 11.0 Å². The second kappa shape index (κ2) is 5.56. The average Bonchev–Trinajstić information content (AvgIpc) is 2.94. The summed E-state index contributed by atoms with van der Waals surface area (Å²) < 4.78 is 5.37. The molecule has 1 fully saturated rings. The Labute approximate surface area is 132 Å². The topological polar surface area (TPSA) is 107 Å². The van der Waals surface area contributed by atoms with E-state index in [2.05, 4.69) is 20.2 Å². The third kappa shape index (κ3) is 3.27. The SMILES string of the molecule is CC(C)(C)OC(=O)N1CCN(c2nc3[nH]ncc3c(=O)[nH]2)CC1. The molecule has 0 unspecified atom stereocenters. The highest BCUT2D eigenvalue weighted by Gasteiger charge is 2.26. The van der Waals surface area contributed by atoms with Crippen LogP contribution >= 0.6 is 0 Å². The van der Waals surface area contributed by atoms with Gasteiger partial charge in [0, 0.05) is 26.2 Å². The van der Waals surface area contributed by atoms with Crippen LogP contribution in [0.3, 0.4) is 0 Å². The Balaban J connectivity index is 1.68. The summed E-state index contributed by atoms with van der Waals surface area (Å²) >= 11 is 0. The maximum Gasteiger partial charge on any atom is 0.410 e. The molecule has 0 spiro atoms. The van der Waals surface area contributed by atoms with Crippen molar-refractivity contribution in [1.29, 1.82) is 0 Å². The van der Waals surface area contributed by atoms with Gasteiger partial charge in [-0.15, -0.1) is 0 Å². The minimum absolute atomic E-state index is 0.228. The van der Waals surface area contributed by atoms with Gasteiger partial charge in [-0.05, 0) is 20.8 Å². The largest absolute Gasteiger partial charge is 0.444 e. The van der Waals surface area contributed by atoms with Crippen LogP contribution in [0.4, 0.5) is 10.7 Å². The van der Waals surface area contributed by atoms with Crippen molar-refractivity contribution in [3.05, 3.63) is 16.6 Å². The molecule has 124 valence electrons. The fourth-order valence-corrected chi connectivity index (χ4v) is 2.41. The molecule has 23 heavy (non-hydrogen) atoms. The second-order valence-electron chi connectivity index (χ2n) is 6.48. The van der Waals surface area contributed by atoms with E-state index < -0.39 is 5.60 Å². The number of aromatic nitrogens is 4. The van der Waals surface area contributed by atoms with E-state index in [1.165, 1.54) is 6.20 Å². The van der Waals surface area contributed by atoms with E-state index in [0.717, 1.165) is 0 Å². The molecular formula is C14H20N6O3. The Morgan fingerprint density at radius 1 is 1.26 bits per heavy atom. The van der Waals surface area contributed by atoms with E-state index >= 15 is 0 Å². The number of amides is 1. The molecule has 1 aliphatic rings. The van der Waals surface area contributed by atoms with Crippen LogP contribution in [0.2, 0.25) is 0 Å². The van der Waals surface area contributed by atoms with Gasteiger partial charge in [-0.3, -0.25) is 14.9 Å². The van der Waals surface area contributed by atoms with E-state index in [1.54, 1.807) is 4.90 Å². The molecule has 0 aromatic carbocycles. The number of ether oxygens (including phenoxy) is 1.